The lowest BCUT2D eigenvalue weighted by atomic mass is 9.98. The third-order valence-corrected chi connectivity index (χ3v) is 5.99. The molecule has 2 heterocycles. The number of hydrogen-bond acceptors (Lipinski definition) is 5. The Morgan fingerprint density at radius 2 is 2.11 bits per heavy atom. The van der Waals surface area contributed by atoms with Crippen molar-refractivity contribution in [2.75, 3.05) is 19.6 Å². The van der Waals surface area contributed by atoms with Gasteiger partial charge in [0.25, 0.3) is 0 Å². The van der Waals surface area contributed by atoms with Crippen LogP contribution in [0.1, 0.15) is 29.9 Å². The second-order valence-corrected chi connectivity index (χ2v) is 8.86. The Morgan fingerprint density at radius 1 is 1.33 bits per heavy atom. The summed E-state index contributed by atoms with van der Waals surface area (Å²) >= 11 is 0. The second-order valence-electron chi connectivity index (χ2n) is 7.05. The van der Waals surface area contributed by atoms with Gasteiger partial charge in [-0.2, -0.15) is 0 Å². The summed E-state index contributed by atoms with van der Waals surface area (Å²) in [7, 11) is -3.39. The summed E-state index contributed by atoms with van der Waals surface area (Å²) in [6.45, 7) is 3.41. The fraction of sp³-hybridized carbons (Fsp3) is 0.474. The molecule has 146 valence electrons. The fourth-order valence-corrected chi connectivity index (χ4v) is 4.53. The number of aryl methyl sites for hydroxylation is 1. The molecule has 1 aromatic carbocycles. The fourth-order valence-electron chi connectivity index (χ4n) is 3.31. The summed E-state index contributed by atoms with van der Waals surface area (Å²) < 4.78 is 32.4. The summed E-state index contributed by atoms with van der Waals surface area (Å²) in [6, 6.07) is 10.9. The van der Waals surface area contributed by atoms with Crippen LogP contribution in [0.5, 0.6) is 0 Å². The molecule has 0 aliphatic carbocycles. The van der Waals surface area contributed by atoms with E-state index in [1.165, 1.54) is 0 Å². The minimum absolute atomic E-state index is 0.0111. The average Bonchev–Trinajstić information content (AvgIpc) is 3.05. The number of hydrogen-bond donors (Lipinski definition) is 1. The maximum absolute atomic E-state index is 12.5. The van der Waals surface area contributed by atoms with Gasteiger partial charge in [0.1, 0.15) is 5.76 Å². The van der Waals surface area contributed by atoms with Crippen LogP contribution in [0.4, 0.5) is 0 Å². The lowest BCUT2D eigenvalue weighted by Gasteiger charge is -2.32. The number of nitrogens with one attached hydrogen (secondary N) is 1. The molecule has 0 saturated carbocycles. The van der Waals surface area contributed by atoms with E-state index in [0.717, 1.165) is 24.1 Å². The standard InChI is InChI=1S/C19H25N3O4S/c1-15-10-18(26-21-15)11-19(23)22-9-5-8-17(13-22)12-20-27(24,25)14-16-6-3-2-4-7-16/h2-4,6-7,10,17,20H,5,8-9,11-14H2,1H3. The van der Waals surface area contributed by atoms with E-state index in [-0.39, 0.29) is 24.0 Å². The Hall–Kier alpha value is -2.19. The van der Waals surface area contributed by atoms with E-state index in [4.69, 9.17) is 4.52 Å². The number of carbonyl (C=O) groups is 1. The quantitative estimate of drug-likeness (QED) is 0.778. The van der Waals surface area contributed by atoms with Gasteiger partial charge in [0.15, 0.2) is 0 Å². The molecule has 0 spiro atoms. The normalized spacial score (nSPS) is 17.8. The SMILES string of the molecule is Cc1cc(CC(=O)N2CCCC(CNS(=O)(=O)Cc3ccccc3)C2)on1. The van der Waals surface area contributed by atoms with Crippen molar-refractivity contribution in [2.45, 2.75) is 31.9 Å². The maximum Gasteiger partial charge on any atom is 0.230 e. The number of benzene rings is 1. The van der Waals surface area contributed by atoms with Crippen LogP contribution >= 0.6 is 0 Å². The van der Waals surface area contributed by atoms with Crippen LogP contribution in [-0.2, 0) is 27.0 Å². The minimum atomic E-state index is -3.39. The van der Waals surface area contributed by atoms with Crippen LogP contribution in [0.2, 0.25) is 0 Å². The molecular formula is C19H25N3O4S. The third-order valence-electron chi connectivity index (χ3n) is 4.67. The van der Waals surface area contributed by atoms with Gasteiger partial charge in [-0.15, -0.1) is 0 Å². The van der Waals surface area contributed by atoms with Crippen molar-refractivity contribution >= 4 is 15.9 Å². The van der Waals surface area contributed by atoms with Crippen LogP contribution < -0.4 is 4.72 Å². The first-order valence-corrected chi connectivity index (χ1v) is 10.8. The van der Waals surface area contributed by atoms with E-state index >= 15 is 0 Å². The van der Waals surface area contributed by atoms with Gasteiger partial charge in [0.05, 0.1) is 17.9 Å². The summed E-state index contributed by atoms with van der Waals surface area (Å²) in [5.41, 5.74) is 1.51. The Bertz CT molecular complexity index is 864. The lowest BCUT2D eigenvalue weighted by molar-refractivity contribution is -0.132. The smallest absolute Gasteiger partial charge is 0.230 e. The number of aromatic nitrogens is 1. The van der Waals surface area contributed by atoms with Crippen molar-refractivity contribution in [3.8, 4) is 0 Å². The second kappa shape index (κ2) is 8.67. The van der Waals surface area contributed by atoms with Gasteiger partial charge in [-0.05, 0) is 31.2 Å². The van der Waals surface area contributed by atoms with E-state index < -0.39 is 10.0 Å². The molecule has 1 atom stereocenters. The van der Waals surface area contributed by atoms with E-state index in [0.29, 0.717) is 25.4 Å². The van der Waals surface area contributed by atoms with Crippen LogP contribution in [0.3, 0.4) is 0 Å². The molecule has 1 saturated heterocycles. The Morgan fingerprint density at radius 3 is 2.81 bits per heavy atom. The number of piperidine rings is 1. The highest BCUT2D eigenvalue weighted by atomic mass is 32.2. The first kappa shape index (κ1) is 19.6. The van der Waals surface area contributed by atoms with Crippen molar-refractivity contribution in [3.05, 3.63) is 53.4 Å². The van der Waals surface area contributed by atoms with Crippen LogP contribution in [0.15, 0.2) is 40.9 Å². The van der Waals surface area contributed by atoms with Crippen LogP contribution in [0, 0.1) is 12.8 Å². The first-order chi connectivity index (χ1) is 12.9. The van der Waals surface area contributed by atoms with Gasteiger partial charge in [-0.25, -0.2) is 13.1 Å². The highest BCUT2D eigenvalue weighted by Gasteiger charge is 2.25. The average molecular weight is 391 g/mol. The lowest BCUT2D eigenvalue weighted by Crippen LogP contribution is -2.44. The summed E-state index contributed by atoms with van der Waals surface area (Å²) in [5, 5.41) is 3.80. The molecule has 1 aromatic heterocycles. The molecule has 27 heavy (non-hydrogen) atoms. The Kier molecular flexibility index (Phi) is 6.28. The molecule has 2 aromatic rings. The maximum atomic E-state index is 12.5. The van der Waals surface area contributed by atoms with E-state index in [1.807, 2.05) is 25.1 Å². The highest BCUT2D eigenvalue weighted by molar-refractivity contribution is 7.88. The van der Waals surface area contributed by atoms with E-state index in [1.54, 1.807) is 23.1 Å². The van der Waals surface area contributed by atoms with Gasteiger partial charge in [0, 0.05) is 25.7 Å². The van der Waals surface area contributed by atoms with Gasteiger partial charge in [-0.3, -0.25) is 4.79 Å². The van der Waals surface area contributed by atoms with Crippen molar-refractivity contribution < 1.29 is 17.7 Å². The molecule has 3 rings (SSSR count). The molecule has 1 fully saturated rings. The summed E-state index contributed by atoms with van der Waals surface area (Å²) in [6.07, 6.45) is 1.96. The molecule has 1 unspecified atom stereocenters. The summed E-state index contributed by atoms with van der Waals surface area (Å²) in [5.74, 6) is 0.629. The number of sulfonamides is 1. The molecule has 1 N–H and O–H groups in total. The molecule has 8 heteroatoms. The summed E-state index contributed by atoms with van der Waals surface area (Å²) in [4.78, 5) is 14.3. The predicted molar refractivity (Wildman–Crippen MR) is 101 cm³/mol. The predicted octanol–water partition coefficient (Wildman–Crippen LogP) is 1.88. The molecule has 1 amide bonds. The van der Waals surface area contributed by atoms with Crippen LogP contribution in [-0.4, -0.2) is 44.0 Å². The molecule has 0 bridgehead atoms. The first-order valence-electron chi connectivity index (χ1n) is 9.12. The minimum Gasteiger partial charge on any atom is -0.361 e. The largest absolute Gasteiger partial charge is 0.361 e. The highest BCUT2D eigenvalue weighted by Crippen LogP contribution is 2.18. The zero-order chi connectivity index (χ0) is 19.3. The van der Waals surface area contributed by atoms with Gasteiger partial charge in [-0.1, -0.05) is 35.5 Å². The van der Waals surface area contributed by atoms with Crippen molar-refractivity contribution in [1.82, 2.24) is 14.8 Å². The topological polar surface area (TPSA) is 92.5 Å². The van der Waals surface area contributed by atoms with Crippen molar-refractivity contribution in [2.24, 2.45) is 5.92 Å². The van der Waals surface area contributed by atoms with E-state index in [2.05, 4.69) is 9.88 Å². The number of carbonyl (C=O) groups excluding carboxylic acids is 1. The zero-order valence-corrected chi connectivity index (χ0v) is 16.2. The number of amides is 1. The van der Waals surface area contributed by atoms with Gasteiger partial charge in [0.2, 0.25) is 15.9 Å². The van der Waals surface area contributed by atoms with Crippen LogP contribution in [0.25, 0.3) is 0 Å². The number of rotatable bonds is 7. The molecule has 1 aliphatic heterocycles. The Balaban J connectivity index is 1.49. The van der Waals surface area contributed by atoms with Gasteiger partial charge >= 0.3 is 0 Å². The molecular weight excluding hydrogens is 366 g/mol. The Labute approximate surface area is 159 Å². The third kappa shape index (κ3) is 5.90. The molecule has 0 radical (unpaired) electrons. The number of likely N-dealkylation sites (tertiary alicyclic amines) is 1. The van der Waals surface area contributed by atoms with Gasteiger partial charge < -0.3 is 9.42 Å². The molecule has 1 aliphatic rings. The van der Waals surface area contributed by atoms with E-state index in [9.17, 15) is 13.2 Å². The van der Waals surface area contributed by atoms with Crippen molar-refractivity contribution in [1.29, 1.82) is 0 Å². The van der Waals surface area contributed by atoms with Crippen molar-refractivity contribution in [3.63, 3.8) is 0 Å². The molecule has 7 nitrogen and oxygen atoms in total. The zero-order valence-electron chi connectivity index (χ0n) is 15.4. The number of nitrogens with zero attached hydrogens (tertiary/aromatic N) is 2. The monoisotopic (exact) mass is 391 g/mol.